The van der Waals surface area contributed by atoms with E-state index < -0.39 is 65.2 Å². The Morgan fingerprint density at radius 2 is 1.80 bits per heavy atom. The van der Waals surface area contributed by atoms with Crippen molar-refractivity contribution in [1.82, 2.24) is 9.55 Å². The van der Waals surface area contributed by atoms with Crippen LogP contribution in [-0.2, 0) is 31.6 Å². The molecule has 1 aromatic rings. The van der Waals surface area contributed by atoms with Crippen molar-refractivity contribution >= 4 is 41.5 Å². The molecule has 15 nitrogen and oxygen atoms in total. The average molecular weight is 521 g/mol. The van der Waals surface area contributed by atoms with Gasteiger partial charge in [-0.05, 0) is 19.1 Å². The normalized spacial score (nSPS) is 19.5. The SMILES string of the molecule is C[C@@H](F)[C@@H](COP(=O)(O)OP(=O)(O)OP(=O)(O)O)O[C@H](O)n1cc(F)c(N)nc1=S. The fourth-order valence-electron chi connectivity index (χ4n) is 1.59. The summed E-state index contributed by atoms with van der Waals surface area (Å²) >= 11 is 4.72. The predicted octanol–water partition coefficient (Wildman–Crippen LogP) is 0.869. The fourth-order valence-corrected chi connectivity index (χ4v) is 4.86. The zero-order valence-corrected chi connectivity index (χ0v) is 18.1. The molecule has 0 aliphatic rings. The number of aliphatic hydroxyl groups is 1. The molecule has 1 aromatic heterocycles. The standard InChI is InChI=1S/C9H16F2N3O12P3S/c1-4(10)6(24-9(15)14-2-5(11)7(12)13-8(14)30)3-23-28(19,20)26-29(21,22)25-27(16,17)18/h2,4,6,9,15H,3H2,1H3,(H,19,20)(H,21,22)(H2,12,13,30)(H2,16,17,18)/t4-,6-,9+/m1/s1. The number of hydrogen-bond acceptors (Lipinski definition) is 11. The number of anilines is 1. The van der Waals surface area contributed by atoms with Crippen LogP contribution in [0.4, 0.5) is 14.6 Å². The lowest BCUT2D eigenvalue weighted by atomic mass is 10.3. The van der Waals surface area contributed by atoms with Crippen LogP contribution in [0.15, 0.2) is 6.20 Å². The number of rotatable bonds is 11. The number of phosphoric ester groups is 1. The Bertz CT molecular complexity index is 957. The zero-order valence-electron chi connectivity index (χ0n) is 14.6. The lowest BCUT2D eigenvalue weighted by molar-refractivity contribution is -0.205. The maximum absolute atomic E-state index is 13.7. The number of nitrogens with two attached hydrogens (primary N) is 1. The van der Waals surface area contributed by atoms with Crippen LogP contribution < -0.4 is 5.73 Å². The molecular formula is C9H16F2N3O12P3S. The van der Waals surface area contributed by atoms with Crippen molar-refractivity contribution in [3.8, 4) is 0 Å². The van der Waals surface area contributed by atoms with Crippen molar-refractivity contribution < 1.29 is 65.0 Å². The zero-order chi connectivity index (χ0) is 23.5. The van der Waals surface area contributed by atoms with Gasteiger partial charge in [0.2, 0.25) is 11.2 Å². The summed E-state index contributed by atoms with van der Waals surface area (Å²) in [6.45, 7) is -0.352. The monoisotopic (exact) mass is 521 g/mol. The highest BCUT2D eigenvalue weighted by atomic mass is 32.1. The molecule has 7 N–H and O–H groups in total. The van der Waals surface area contributed by atoms with Gasteiger partial charge in [0.05, 0.1) is 12.8 Å². The van der Waals surface area contributed by atoms with Crippen LogP contribution in [0.1, 0.15) is 13.3 Å². The second kappa shape index (κ2) is 10.3. The van der Waals surface area contributed by atoms with E-state index in [2.05, 4.69) is 18.1 Å². The number of nitrogens with zero attached hydrogens (tertiary/aromatic N) is 2. The van der Waals surface area contributed by atoms with E-state index in [0.29, 0.717) is 10.8 Å². The lowest BCUT2D eigenvalue weighted by Gasteiger charge is -2.25. The highest BCUT2D eigenvalue weighted by Crippen LogP contribution is 2.66. The maximum atomic E-state index is 13.7. The first kappa shape index (κ1) is 27.3. The van der Waals surface area contributed by atoms with E-state index in [1.165, 1.54) is 0 Å². The van der Waals surface area contributed by atoms with Crippen LogP contribution in [0, 0.1) is 10.6 Å². The molecule has 0 aromatic carbocycles. The van der Waals surface area contributed by atoms with Gasteiger partial charge in [0.25, 0.3) is 0 Å². The van der Waals surface area contributed by atoms with Crippen LogP contribution in [0.2, 0.25) is 0 Å². The van der Waals surface area contributed by atoms with E-state index in [9.17, 15) is 32.5 Å². The van der Waals surface area contributed by atoms with E-state index in [1.807, 2.05) is 0 Å². The summed E-state index contributed by atoms with van der Waals surface area (Å²) < 4.78 is 76.6. The van der Waals surface area contributed by atoms with Gasteiger partial charge in [-0.3, -0.25) is 9.09 Å². The number of aliphatic hydroxyl groups excluding tert-OH is 1. The van der Waals surface area contributed by atoms with Crippen LogP contribution in [-0.4, -0.2) is 53.1 Å². The fraction of sp³-hybridized carbons (Fsp3) is 0.556. The van der Waals surface area contributed by atoms with E-state index in [0.717, 1.165) is 6.92 Å². The Morgan fingerprint density at radius 3 is 2.30 bits per heavy atom. The molecule has 21 heteroatoms. The summed E-state index contributed by atoms with van der Waals surface area (Å²) in [5.41, 5.74) is 5.18. The van der Waals surface area contributed by atoms with E-state index in [-0.39, 0.29) is 0 Å². The Labute approximate surface area is 171 Å². The van der Waals surface area contributed by atoms with Crippen LogP contribution in [0.5, 0.6) is 0 Å². The maximum Gasteiger partial charge on any atom is 0.490 e. The number of halogens is 2. The Hall–Kier alpha value is -0.710. The van der Waals surface area contributed by atoms with Crippen molar-refractivity contribution in [2.45, 2.75) is 25.6 Å². The molecular weight excluding hydrogens is 505 g/mol. The molecule has 0 saturated heterocycles. The van der Waals surface area contributed by atoms with E-state index in [4.69, 9.17) is 37.4 Å². The molecule has 0 bridgehead atoms. The largest absolute Gasteiger partial charge is 0.490 e. The Balaban J connectivity index is 2.86. The second-order valence-electron chi connectivity index (χ2n) is 5.23. The van der Waals surface area contributed by atoms with Gasteiger partial charge < -0.3 is 35.2 Å². The molecule has 0 aliphatic heterocycles. The lowest BCUT2D eigenvalue weighted by Crippen LogP contribution is -2.32. The molecule has 0 fully saturated rings. The Kier molecular flexibility index (Phi) is 9.36. The average Bonchev–Trinajstić information content (AvgIpc) is 2.50. The molecule has 1 heterocycles. The summed E-state index contributed by atoms with van der Waals surface area (Å²) in [7, 11) is -16.9. The third-order valence-electron chi connectivity index (χ3n) is 2.80. The van der Waals surface area contributed by atoms with Gasteiger partial charge in [-0.15, -0.1) is 0 Å². The smallest absolute Gasteiger partial charge is 0.381 e. The number of ether oxygens (including phenoxy) is 1. The highest BCUT2D eigenvalue weighted by Gasteiger charge is 2.41. The van der Waals surface area contributed by atoms with Gasteiger partial charge in [0.15, 0.2) is 11.6 Å². The van der Waals surface area contributed by atoms with E-state index >= 15 is 0 Å². The number of phosphoric acid groups is 3. The molecule has 30 heavy (non-hydrogen) atoms. The molecule has 0 spiro atoms. The van der Waals surface area contributed by atoms with Gasteiger partial charge in [-0.1, -0.05) is 0 Å². The number of nitrogen functional groups attached to an aromatic ring is 1. The Morgan fingerprint density at radius 1 is 1.23 bits per heavy atom. The first-order valence-corrected chi connectivity index (χ1v) is 12.2. The van der Waals surface area contributed by atoms with Crippen molar-refractivity contribution in [2.24, 2.45) is 0 Å². The minimum absolute atomic E-state index is 0.473. The van der Waals surface area contributed by atoms with Gasteiger partial charge in [-0.25, -0.2) is 22.5 Å². The quantitative estimate of drug-likeness (QED) is 0.135. The second-order valence-corrected chi connectivity index (χ2v) is 10.0. The molecule has 0 saturated carbocycles. The predicted molar refractivity (Wildman–Crippen MR) is 93.9 cm³/mol. The molecule has 1 rings (SSSR count). The third-order valence-corrected chi connectivity index (χ3v) is 6.90. The number of aromatic nitrogens is 2. The van der Waals surface area contributed by atoms with Crippen molar-refractivity contribution in [3.63, 3.8) is 0 Å². The minimum Gasteiger partial charge on any atom is -0.381 e. The van der Waals surface area contributed by atoms with Crippen molar-refractivity contribution in [3.05, 3.63) is 16.8 Å². The molecule has 5 atom stereocenters. The summed E-state index contributed by atoms with van der Waals surface area (Å²) in [4.78, 5) is 38.6. The van der Waals surface area contributed by atoms with E-state index in [1.54, 1.807) is 0 Å². The molecule has 2 unspecified atom stereocenters. The highest BCUT2D eigenvalue weighted by molar-refractivity contribution is 7.71. The van der Waals surface area contributed by atoms with Gasteiger partial charge in [0.1, 0.15) is 12.3 Å². The van der Waals surface area contributed by atoms with Gasteiger partial charge in [0, 0.05) is 0 Å². The minimum atomic E-state index is -5.78. The third kappa shape index (κ3) is 9.20. The van der Waals surface area contributed by atoms with Crippen molar-refractivity contribution in [2.75, 3.05) is 12.3 Å². The molecule has 0 amide bonds. The van der Waals surface area contributed by atoms with Gasteiger partial charge >= 0.3 is 23.5 Å². The molecule has 174 valence electrons. The van der Waals surface area contributed by atoms with Crippen LogP contribution >= 0.6 is 35.7 Å². The number of alkyl halides is 1. The summed E-state index contributed by atoms with van der Waals surface area (Å²) in [6.07, 6.45) is -5.48. The van der Waals surface area contributed by atoms with Gasteiger partial charge in [-0.2, -0.15) is 13.6 Å². The van der Waals surface area contributed by atoms with Crippen LogP contribution in [0.3, 0.4) is 0 Å². The number of hydrogen-bond donors (Lipinski definition) is 6. The summed E-state index contributed by atoms with van der Waals surface area (Å²) in [6, 6.07) is 0. The summed E-state index contributed by atoms with van der Waals surface area (Å²) in [5, 5.41) is 9.93. The first-order chi connectivity index (χ1) is 13.4. The first-order valence-electron chi connectivity index (χ1n) is 7.22. The van der Waals surface area contributed by atoms with Crippen molar-refractivity contribution in [1.29, 1.82) is 0 Å². The molecule has 0 radical (unpaired) electrons. The molecule has 0 aliphatic carbocycles. The summed E-state index contributed by atoms with van der Waals surface area (Å²) in [5.74, 6) is -1.70. The van der Waals surface area contributed by atoms with Crippen LogP contribution in [0.25, 0.3) is 0 Å². The topological polar surface area (TPSA) is 233 Å².